The molecule has 0 saturated heterocycles. The monoisotopic (exact) mass is 379 g/mol. The number of esters is 1. The molecular weight excluding hydrogens is 358 g/mol. The molecule has 1 heterocycles. The second-order valence-electron chi connectivity index (χ2n) is 6.01. The van der Waals surface area contributed by atoms with Crippen LogP contribution in [-0.2, 0) is 9.53 Å². The summed E-state index contributed by atoms with van der Waals surface area (Å²) in [6, 6.07) is 13.8. The molecule has 0 aliphatic carbocycles. The van der Waals surface area contributed by atoms with Crippen molar-refractivity contribution in [3.63, 3.8) is 0 Å². The first-order valence-corrected chi connectivity index (χ1v) is 8.91. The minimum atomic E-state index is -0.941. The second kappa shape index (κ2) is 8.85. The minimum absolute atomic E-state index is 0.357. The van der Waals surface area contributed by atoms with Crippen molar-refractivity contribution in [3.05, 3.63) is 66.5 Å². The Balaban J connectivity index is 1.56. The molecule has 0 radical (unpaired) electrons. The number of aromatic nitrogens is 2. The van der Waals surface area contributed by atoms with Crippen molar-refractivity contribution in [2.45, 2.75) is 20.0 Å². The maximum Gasteiger partial charge on any atom is 0.338 e. The molecule has 0 spiro atoms. The zero-order valence-corrected chi connectivity index (χ0v) is 15.6. The Morgan fingerprint density at radius 2 is 1.82 bits per heavy atom. The number of aromatic amines is 1. The van der Waals surface area contributed by atoms with Crippen LogP contribution in [0.1, 0.15) is 24.2 Å². The van der Waals surface area contributed by atoms with Crippen LogP contribution in [-0.4, -0.2) is 34.6 Å². The summed E-state index contributed by atoms with van der Waals surface area (Å²) >= 11 is 0. The molecule has 3 aromatic rings. The Hall–Kier alpha value is -3.61. The van der Waals surface area contributed by atoms with Crippen molar-refractivity contribution in [1.82, 2.24) is 9.97 Å². The van der Waals surface area contributed by atoms with E-state index in [1.807, 2.05) is 6.92 Å². The molecule has 0 aliphatic heterocycles. The number of hydrogen-bond acceptors (Lipinski definition) is 5. The number of ether oxygens (including phenoxy) is 2. The second-order valence-corrected chi connectivity index (χ2v) is 6.01. The number of amides is 1. The van der Waals surface area contributed by atoms with Gasteiger partial charge < -0.3 is 19.8 Å². The summed E-state index contributed by atoms with van der Waals surface area (Å²) in [7, 11) is 0. The van der Waals surface area contributed by atoms with Crippen LogP contribution in [0.15, 0.2) is 60.9 Å². The van der Waals surface area contributed by atoms with Gasteiger partial charge in [-0.2, -0.15) is 0 Å². The Morgan fingerprint density at radius 3 is 2.43 bits per heavy atom. The van der Waals surface area contributed by atoms with Crippen LogP contribution in [0.4, 0.5) is 5.69 Å². The lowest BCUT2D eigenvalue weighted by atomic mass is 10.1. The Bertz CT molecular complexity index is 919. The summed E-state index contributed by atoms with van der Waals surface area (Å²) in [4.78, 5) is 31.7. The van der Waals surface area contributed by atoms with Gasteiger partial charge in [0, 0.05) is 23.6 Å². The van der Waals surface area contributed by atoms with Crippen LogP contribution in [0.25, 0.3) is 11.4 Å². The SMILES string of the molecule is CCOc1ccc(NC(=O)C(C)OC(=O)c2ccc(-c3ncc[nH]3)cc2)cc1. The third-order valence-corrected chi connectivity index (χ3v) is 3.98. The van der Waals surface area contributed by atoms with Crippen molar-refractivity contribution >= 4 is 17.6 Å². The van der Waals surface area contributed by atoms with Gasteiger partial charge in [-0.05, 0) is 50.2 Å². The molecule has 1 unspecified atom stereocenters. The number of hydrogen-bond donors (Lipinski definition) is 2. The lowest BCUT2D eigenvalue weighted by Crippen LogP contribution is -2.30. The summed E-state index contributed by atoms with van der Waals surface area (Å²) in [5, 5.41) is 2.71. The zero-order valence-electron chi connectivity index (χ0n) is 15.6. The molecule has 1 atom stereocenters. The smallest absolute Gasteiger partial charge is 0.338 e. The molecule has 2 aromatic carbocycles. The molecule has 0 bridgehead atoms. The van der Waals surface area contributed by atoms with Crippen LogP contribution in [0.5, 0.6) is 5.75 Å². The zero-order chi connectivity index (χ0) is 19.9. The van der Waals surface area contributed by atoms with Gasteiger partial charge >= 0.3 is 5.97 Å². The summed E-state index contributed by atoms with van der Waals surface area (Å²) in [5.41, 5.74) is 1.80. The molecule has 0 fully saturated rings. The van der Waals surface area contributed by atoms with Crippen molar-refractivity contribution in [2.24, 2.45) is 0 Å². The van der Waals surface area contributed by atoms with Gasteiger partial charge in [0.2, 0.25) is 0 Å². The van der Waals surface area contributed by atoms with Crippen molar-refractivity contribution in [1.29, 1.82) is 0 Å². The third-order valence-electron chi connectivity index (χ3n) is 3.98. The number of benzene rings is 2. The molecule has 144 valence electrons. The first kappa shape index (κ1) is 19.2. The van der Waals surface area contributed by atoms with Gasteiger partial charge in [0.15, 0.2) is 6.10 Å². The fraction of sp³-hybridized carbons (Fsp3) is 0.190. The predicted molar refractivity (Wildman–Crippen MR) is 105 cm³/mol. The van der Waals surface area contributed by atoms with E-state index in [0.717, 1.165) is 11.3 Å². The quantitative estimate of drug-likeness (QED) is 0.611. The highest BCUT2D eigenvalue weighted by Crippen LogP contribution is 2.17. The van der Waals surface area contributed by atoms with Gasteiger partial charge in [0.25, 0.3) is 5.91 Å². The number of rotatable bonds is 7. The first-order valence-electron chi connectivity index (χ1n) is 8.91. The van der Waals surface area contributed by atoms with Gasteiger partial charge in [-0.25, -0.2) is 9.78 Å². The molecule has 1 amide bonds. The van der Waals surface area contributed by atoms with Crippen LogP contribution >= 0.6 is 0 Å². The number of carbonyl (C=O) groups is 2. The predicted octanol–water partition coefficient (Wildman–Crippen LogP) is 3.66. The van der Waals surface area contributed by atoms with Gasteiger partial charge in [0.1, 0.15) is 11.6 Å². The molecule has 1 aromatic heterocycles. The van der Waals surface area contributed by atoms with E-state index >= 15 is 0 Å². The van der Waals surface area contributed by atoms with Crippen LogP contribution in [0.2, 0.25) is 0 Å². The molecule has 7 nitrogen and oxygen atoms in total. The van der Waals surface area contributed by atoms with E-state index in [4.69, 9.17) is 9.47 Å². The molecule has 0 saturated carbocycles. The number of anilines is 1. The van der Waals surface area contributed by atoms with Crippen LogP contribution < -0.4 is 10.1 Å². The molecule has 7 heteroatoms. The molecule has 0 aliphatic rings. The van der Waals surface area contributed by atoms with Crippen LogP contribution in [0, 0.1) is 0 Å². The molecular formula is C21H21N3O4. The average molecular weight is 379 g/mol. The number of H-pyrrole nitrogens is 1. The first-order chi connectivity index (χ1) is 13.6. The number of nitrogens with one attached hydrogen (secondary N) is 2. The fourth-order valence-corrected chi connectivity index (χ4v) is 2.51. The van der Waals surface area contributed by atoms with E-state index in [1.54, 1.807) is 60.9 Å². The third kappa shape index (κ3) is 4.76. The van der Waals surface area contributed by atoms with E-state index in [0.29, 0.717) is 23.7 Å². The van der Waals surface area contributed by atoms with Crippen molar-refractivity contribution < 1.29 is 19.1 Å². The van der Waals surface area contributed by atoms with E-state index in [-0.39, 0.29) is 0 Å². The number of nitrogens with zero attached hydrogens (tertiary/aromatic N) is 1. The average Bonchev–Trinajstić information content (AvgIpc) is 3.24. The highest BCUT2D eigenvalue weighted by atomic mass is 16.5. The van der Waals surface area contributed by atoms with E-state index in [2.05, 4.69) is 15.3 Å². The number of carbonyl (C=O) groups excluding carboxylic acids is 2. The van der Waals surface area contributed by atoms with E-state index < -0.39 is 18.0 Å². The van der Waals surface area contributed by atoms with Gasteiger partial charge in [-0.1, -0.05) is 12.1 Å². The Morgan fingerprint density at radius 1 is 1.11 bits per heavy atom. The van der Waals surface area contributed by atoms with E-state index in [9.17, 15) is 9.59 Å². The minimum Gasteiger partial charge on any atom is -0.494 e. The lowest BCUT2D eigenvalue weighted by molar-refractivity contribution is -0.123. The molecule has 3 rings (SSSR count). The standard InChI is InChI=1S/C21H21N3O4/c1-3-27-18-10-8-17(9-11-18)24-20(25)14(2)28-21(26)16-6-4-15(5-7-16)19-22-12-13-23-19/h4-14H,3H2,1-2H3,(H,22,23)(H,24,25). The lowest BCUT2D eigenvalue weighted by Gasteiger charge is -2.14. The van der Waals surface area contributed by atoms with E-state index in [1.165, 1.54) is 6.92 Å². The largest absolute Gasteiger partial charge is 0.494 e. The molecule has 2 N–H and O–H groups in total. The summed E-state index contributed by atoms with van der Waals surface area (Å²) in [5.74, 6) is 0.450. The highest BCUT2D eigenvalue weighted by Gasteiger charge is 2.19. The summed E-state index contributed by atoms with van der Waals surface area (Å²) < 4.78 is 10.6. The summed E-state index contributed by atoms with van der Waals surface area (Å²) in [6.07, 6.45) is 2.44. The van der Waals surface area contributed by atoms with Gasteiger partial charge in [-0.15, -0.1) is 0 Å². The number of imidazole rings is 1. The fourth-order valence-electron chi connectivity index (χ4n) is 2.51. The highest BCUT2D eigenvalue weighted by molar-refractivity contribution is 5.97. The Labute approximate surface area is 162 Å². The van der Waals surface area contributed by atoms with Gasteiger partial charge in [0.05, 0.1) is 12.2 Å². The van der Waals surface area contributed by atoms with Crippen LogP contribution in [0.3, 0.4) is 0 Å². The maximum atomic E-state index is 12.3. The normalized spacial score (nSPS) is 11.5. The van der Waals surface area contributed by atoms with Crippen molar-refractivity contribution in [2.75, 3.05) is 11.9 Å². The van der Waals surface area contributed by atoms with Gasteiger partial charge in [-0.3, -0.25) is 4.79 Å². The summed E-state index contributed by atoms with van der Waals surface area (Å²) in [6.45, 7) is 4.00. The van der Waals surface area contributed by atoms with Crippen molar-refractivity contribution in [3.8, 4) is 17.1 Å². The maximum absolute atomic E-state index is 12.3. The topological polar surface area (TPSA) is 93.3 Å². The molecule has 28 heavy (non-hydrogen) atoms. The Kier molecular flexibility index (Phi) is 6.06.